The number of amides is 1. The first-order valence-corrected chi connectivity index (χ1v) is 11.8. The molecule has 0 saturated carbocycles. The molecule has 0 aliphatic carbocycles. The number of carbonyl (C=O) groups is 2. The Morgan fingerprint density at radius 1 is 1.03 bits per heavy atom. The summed E-state index contributed by atoms with van der Waals surface area (Å²) in [4.78, 5) is 28.4. The molecule has 176 valence electrons. The van der Waals surface area contributed by atoms with Crippen LogP contribution < -0.4 is 14.8 Å². The van der Waals surface area contributed by atoms with E-state index >= 15 is 0 Å². The van der Waals surface area contributed by atoms with E-state index in [-0.39, 0.29) is 16.4 Å². The average Bonchev–Trinajstić information content (AvgIpc) is 2.81. The summed E-state index contributed by atoms with van der Waals surface area (Å²) in [6.45, 7) is 3.62. The maximum absolute atomic E-state index is 12.5. The number of anilines is 2. The zero-order chi connectivity index (χ0) is 24.6. The predicted molar refractivity (Wildman–Crippen MR) is 127 cm³/mol. The van der Waals surface area contributed by atoms with E-state index < -0.39 is 27.8 Å². The zero-order valence-electron chi connectivity index (χ0n) is 18.5. The Labute approximate surface area is 197 Å². The number of carbonyl (C=O) groups excluding carboxylic acids is 2. The van der Waals surface area contributed by atoms with Crippen LogP contribution >= 0.6 is 0 Å². The number of ether oxygens (including phenoxy) is 1. The maximum atomic E-state index is 12.5. The number of azo groups is 1. The summed E-state index contributed by atoms with van der Waals surface area (Å²) in [6.07, 6.45) is 1.47. The van der Waals surface area contributed by atoms with E-state index in [0.29, 0.717) is 18.0 Å². The molecule has 1 unspecified atom stereocenters. The molecule has 0 fully saturated rings. The Kier molecular flexibility index (Phi) is 8.04. The van der Waals surface area contributed by atoms with Crippen molar-refractivity contribution in [3.8, 4) is 5.75 Å². The van der Waals surface area contributed by atoms with Crippen LogP contribution in [-0.4, -0.2) is 37.7 Å². The Hall–Kier alpha value is -4.12. The number of pyridine rings is 1. The molecule has 1 aromatic heterocycles. The fourth-order valence-corrected chi connectivity index (χ4v) is 3.77. The topological polar surface area (TPSA) is 139 Å². The molecule has 2 N–H and O–H groups in total. The van der Waals surface area contributed by atoms with Gasteiger partial charge in [-0.1, -0.05) is 6.07 Å². The number of sulfonamides is 1. The van der Waals surface area contributed by atoms with Crippen molar-refractivity contribution in [2.75, 3.05) is 16.6 Å². The molecule has 10 nitrogen and oxygen atoms in total. The quantitative estimate of drug-likeness (QED) is 0.332. The first-order chi connectivity index (χ1) is 16.3. The molecular formula is C23H23N5O5S. The monoisotopic (exact) mass is 481 g/mol. The van der Waals surface area contributed by atoms with E-state index in [1.54, 1.807) is 36.4 Å². The second kappa shape index (κ2) is 11.1. The molecule has 3 rings (SSSR count). The van der Waals surface area contributed by atoms with Gasteiger partial charge in [-0.2, -0.15) is 10.2 Å². The van der Waals surface area contributed by atoms with Gasteiger partial charge in [0.25, 0.3) is 15.9 Å². The number of nitrogens with zero attached hydrogens (tertiary/aromatic N) is 3. The highest BCUT2D eigenvalue weighted by Gasteiger charge is 2.23. The van der Waals surface area contributed by atoms with Gasteiger partial charge >= 0.3 is 0 Å². The zero-order valence-corrected chi connectivity index (χ0v) is 19.3. The largest absolute Gasteiger partial charge is 0.494 e. The van der Waals surface area contributed by atoms with Gasteiger partial charge in [0.15, 0.2) is 5.78 Å². The van der Waals surface area contributed by atoms with E-state index in [2.05, 4.69) is 25.3 Å². The SMILES string of the molecule is CCOc1ccc(NC(=O)C(N=Nc2ccc(S(=O)(=O)Nc3ccccn3)cc2)C(C)=O)cc1. The van der Waals surface area contributed by atoms with Crippen molar-refractivity contribution >= 4 is 38.9 Å². The van der Waals surface area contributed by atoms with Crippen molar-refractivity contribution in [2.45, 2.75) is 24.8 Å². The number of rotatable bonds is 10. The molecule has 0 radical (unpaired) electrons. The summed E-state index contributed by atoms with van der Waals surface area (Å²) >= 11 is 0. The number of ketones is 1. The molecule has 34 heavy (non-hydrogen) atoms. The normalized spacial score (nSPS) is 12.2. The van der Waals surface area contributed by atoms with Gasteiger partial charge in [-0.15, -0.1) is 0 Å². The summed E-state index contributed by atoms with van der Waals surface area (Å²) in [5.41, 5.74) is 0.752. The summed E-state index contributed by atoms with van der Waals surface area (Å²) < 4.78 is 32.7. The molecule has 0 spiro atoms. The van der Waals surface area contributed by atoms with Crippen LogP contribution in [0.4, 0.5) is 17.2 Å². The summed E-state index contributed by atoms with van der Waals surface area (Å²) in [5, 5.41) is 10.4. The lowest BCUT2D eigenvalue weighted by Gasteiger charge is -2.10. The van der Waals surface area contributed by atoms with Gasteiger partial charge in [0.1, 0.15) is 11.6 Å². The van der Waals surface area contributed by atoms with Crippen LogP contribution in [0.15, 0.2) is 88.1 Å². The van der Waals surface area contributed by atoms with Crippen LogP contribution in [0, 0.1) is 0 Å². The highest BCUT2D eigenvalue weighted by atomic mass is 32.2. The third-order valence-corrected chi connectivity index (χ3v) is 5.78. The molecule has 0 aliphatic heterocycles. The van der Waals surface area contributed by atoms with Crippen LogP contribution in [0.3, 0.4) is 0 Å². The van der Waals surface area contributed by atoms with Crippen LogP contribution in [0.25, 0.3) is 0 Å². The number of aromatic nitrogens is 1. The van der Waals surface area contributed by atoms with Crippen molar-refractivity contribution in [3.63, 3.8) is 0 Å². The Morgan fingerprint density at radius 3 is 2.32 bits per heavy atom. The number of nitrogens with one attached hydrogen (secondary N) is 2. The minimum Gasteiger partial charge on any atom is -0.494 e. The Balaban J connectivity index is 1.67. The van der Waals surface area contributed by atoms with Crippen LogP contribution in [0.5, 0.6) is 5.75 Å². The molecule has 1 atom stereocenters. The molecule has 11 heteroatoms. The molecule has 0 bridgehead atoms. The van der Waals surface area contributed by atoms with Crippen molar-refractivity contribution < 1.29 is 22.7 Å². The van der Waals surface area contributed by atoms with E-state index in [4.69, 9.17) is 4.74 Å². The van der Waals surface area contributed by atoms with Gasteiger partial charge in [0.05, 0.1) is 17.2 Å². The lowest BCUT2D eigenvalue weighted by Crippen LogP contribution is -2.31. The summed E-state index contributed by atoms with van der Waals surface area (Å²) in [5.74, 6) is -0.289. The molecule has 1 amide bonds. The fourth-order valence-electron chi connectivity index (χ4n) is 2.77. The standard InChI is InChI=1S/C23H23N5O5S/c1-3-33-19-11-7-17(8-12-19)25-23(30)22(16(2)29)27-26-18-9-13-20(14-10-18)34(31,32)28-21-6-4-5-15-24-21/h4-15,22H,3H2,1-2H3,(H,24,28)(H,25,30). The van der Waals surface area contributed by atoms with Crippen molar-refractivity contribution in [3.05, 3.63) is 72.9 Å². The number of hydrogen-bond donors (Lipinski definition) is 2. The average molecular weight is 482 g/mol. The minimum absolute atomic E-state index is 0.00605. The second-order valence-corrected chi connectivity index (χ2v) is 8.67. The predicted octanol–water partition coefficient (Wildman–Crippen LogP) is 3.96. The van der Waals surface area contributed by atoms with Crippen molar-refractivity contribution in [1.29, 1.82) is 0 Å². The van der Waals surface area contributed by atoms with Crippen LogP contribution in [0.2, 0.25) is 0 Å². The molecule has 0 aliphatic rings. The lowest BCUT2D eigenvalue weighted by atomic mass is 10.2. The fraction of sp³-hybridized carbons (Fsp3) is 0.174. The van der Waals surface area contributed by atoms with Crippen molar-refractivity contribution in [1.82, 2.24) is 4.98 Å². The molecule has 2 aromatic carbocycles. The summed E-state index contributed by atoms with van der Waals surface area (Å²) in [6, 6.07) is 15.7. The maximum Gasteiger partial charge on any atom is 0.263 e. The Morgan fingerprint density at radius 2 is 1.74 bits per heavy atom. The van der Waals surface area contributed by atoms with Crippen molar-refractivity contribution in [2.24, 2.45) is 10.2 Å². The summed E-state index contributed by atoms with van der Waals surface area (Å²) in [7, 11) is -3.84. The van der Waals surface area contributed by atoms with Gasteiger partial charge < -0.3 is 10.1 Å². The van der Waals surface area contributed by atoms with E-state index in [9.17, 15) is 18.0 Å². The Bertz CT molecular complexity index is 1260. The molecule has 0 saturated heterocycles. The minimum atomic E-state index is -3.84. The first-order valence-electron chi connectivity index (χ1n) is 10.3. The van der Waals surface area contributed by atoms with Gasteiger partial charge in [0.2, 0.25) is 6.04 Å². The smallest absolute Gasteiger partial charge is 0.263 e. The van der Waals surface area contributed by atoms with E-state index in [1.807, 2.05) is 6.92 Å². The third-order valence-electron chi connectivity index (χ3n) is 4.41. The third kappa shape index (κ3) is 6.69. The van der Waals surface area contributed by atoms with E-state index in [0.717, 1.165) is 0 Å². The van der Waals surface area contributed by atoms with Gasteiger partial charge in [0, 0.05) is 11.9 Å². The van der Waals surface area contributed by atoms with Crippen LogP contribution in [-0.2, 0) is 19.6 Å². The van der Waals surface area contributed by atoms with Crippen LogP contribution in [0.1, 0.15) is 13.8 Å². The molecule has 3 aromatic rings. The first kappa shape index (κ1) is 24.5. The highest BCUT2D eigenvalue weighted by molar-refractivity contribution is 7.92. The molecular weight excluding hydrogens is 458 g/mol. The molecule has 1 heterocycles. The number of hydrogen-bond acceptors (Lipinski definition) is 8. The van der Waals surface area contributed by atoms with Gasteiger partial charge in [-0.3, -0.25) is 14.3 Å². The van der Waals surface area contributed by atoms with Gasteiger partial charge in [-0.25, -0.2) is 13.4 Å². The number of Topliss-reactive ketones (excluding diaryl/α,β-unsaturated/α-hetero) is 1. The van der Waals surface area contributed by atoms with Gasteiger partial charge in [-0.05, 0) is 74.5 Å². The lowest BCUT2D eigenvalue weighted by molar-refractivity contribution is -0.126. The van der Waals surface area contributed by atoms with E-state index in [1.165, 1.54) is 43.5 Å². The second-order valence-electron chi connectivity index (χ2n) is 6.99. The number of benzene rings is 2. The highest BCUT2D eigenvalue weighted by Crippen LogP contribution is 2.20.